The van der Waals surface area contributed by atoms with Crippen LogP contribution >= 0.6 is 0 Å². The topological polar surface area (TPSA) is 66.8 Å². The van der Waals surface area contributed by atoms with Crippen LogP contribution in [0.25, 0.3) is 0 Å². The van der Waals surface area contributed by atoms with Gasteiger partial charge in [0.1, 0.15) is 19.0 Å². The van der Waals surface area contributed by atoms with Gasteiger partial charge in [-0.3, -0.25) is 4.79 Å². The first-order valence-corrected chi connectivity index (χ1v) is 9.68. The Morgan fingerprint density at radius 1 is 1.38 bits per heavy atom. The first-order chi connectivity index (χ1) is 12.5. The summed E-state index contributed by atoms with van der Waals surface area (Å²) in [5, 5.41) is 20.5. The van der Waals surface area contributed by atoms with E-state index in [1.807, 2.05) is 12.1 Å². The van der Waals surface area contributed by atoms with Crippen molar-refractivity contribution in [2.24, 2.45) is 23.2 Å². The van der Waals surface area contributed by atoms with Crippen molar-refractivity contribution in [3.63, 3.8) is 0 Å². The molecule has 2 saturated carbocycles. The number of phenols is 1. The van der Waals surface area contributed by atoms with Gasteiger partial charge in [0.15, 0.2) is 0 Å². The summed E-state index contributed by atoms with van der Waals surface area (Å²) in [6.07, 6.45) is 3.57. The van der Waals surface area contributed by atoms with Crippen LogP contribution in [0, 0.1) is 23.2 Å². The van der Waals surface area contributed by atoms with Gasteiger partial charge in [0, 0.05) is 0 Å². The molecule has 4 rings (SSSR count). The number of fused-ring (bicyclic) bond motifs is 5. The van der Waals surface area contributed by atoms with Crippen LogP contribution in [-0.4, -0.2) is 35.6 Å². The molecule has 0 saturated heterocycles. The highest BCUT2D eigenvalue weighted by Crippen LogP contribution is 2.63. The number of hydrogen-bond acceptors (Lipinski definition) is 4. The van der Waals surface area contributed by atoms with Crippen molar-refractivity contribution in [3.05, 3.63) is 29.3 Å². The first-order valence-electron chi connectivity index (χ1n) is 9.68. The largest absolute Gasteiger partial charge is 0.508 e. The highest BCUT2D eigenvalue weighted by atomic mass is 19.1. The van der Waals surface area contributed by atoms with E-state index in [0.29, 0.717) is 24.0 Å². The van der Waals surface area contributed by atoms with Gasteiger partial charge >= 0.3 is 5.97 Å². The second-order valence-electron chi connectivity index (χ2n) is 8.48. The zero-order valence-corrected chi connectivity index (χ0v) is 15.2. The quantitative estimate of drug-likeness (QED) is 0.810. The number of aliphatic hydroxyl groups excluding tert-OH is 1. The second-order valence-corrected chi connectivity index (χ2v) is 8.48. The lowest BCUT2D eigenvalue weighted by molar-refractivity contribution is -0.153. The van der Waals surface area contributed by atoms with E-state index in [4.69, 9.17) is 4.74 Å². The second kappa shape index (κ2) is 6.52. The molecule has 1 aromatic carbocycles. The molecule has 6 atom stereocenters. The third-order valence-electron chi connectivity index (χ3n) is 7.30. The molecule has 0 aromatic heterocycles. The molecule has 0 radical (unpaired) electrons. The Balaban J connectivity index is 1.67. The van der Waals surface area contributed by atoms with Gasteiger partial charge in [-0.1, -0.05) is 13.0 Å². The number of phenolic OH excluding ortho intramolecular Hbond substituents is 1. The van der Waals surface area contributed by atoms with Crippen molar-refractivity contribution in [2.45, 2.75) is 51.0 Å². The van der Waals surface area contributed by atoms with Crippen LogP contribution in [0.3, 0.4) is 0 Å². The molecule has 0 spiro atoms. The van der Waals surface area contributed by atoms with Crippen molar-refractivity contribution < 1.29 is 24.1 Å². The summed E-state index contributed by atoms with van der Waals surface area (Å²) in [5.41, 5.74) is 2.19. The van der Waals surface area contributed by atoms with Gasteiger partial charge < -0.3 is 14.9 Å². The summed E-state index contributed by atoms with van der Waals surface area (Å²) < 4.78 is 17.6. The minimum Gasteiger partial charge on any atom is -0.508 e. The number of aromatic hydroxyl groups is 1. The number of benzene rings is 1. The maximum Gasteiger partial charge on any atom is 0.309 e. The molecule has 5 heteroatoms. The Labute approximate surface area is 153 Å². The lowest BCUT2D eigenvalue weighted by atomic mass is 9.54. The van der Waals surface area contributed by atoms with Gasteiger partial charge in [-0.25, -0.2) is 4.39 Å². The number of carbonyl (C=O) groups excluding carboxylic acids is 1. The van der Waals surface area contributed by atoms with Gasteiger partial charge in [0.05, 0.1) is 12.0 Å². The molecule has 0 aliphatic heterocycles. The minimum absolute atomic E-state index is 0.0605. The molecule has 2 fully saturated rings. The third kappa shape index (κ3) is 2.63. The van der Waals surface area contributed by atoms with Gasteiger partial charge in [0.25, 0.3) is 0 Å². The number of aryl methyl sites for hydroxylation is 1. The van der Waals surface area contributed by atoms with Gasteiger partial charge in [0.2, 0.25) is 0 Å². The van der Waals surface area contributed by atoms with E-state index in [0.717, 1.165) is 25.7 Å². The maximum absolute atomic E-state index is 12.6. The molecule has 0 unspecified atom stereocenters. The van der Waals surface area contributed by atoms with Crippen molar-refractivity contribution in [1.82, 2.24) is 0 Å². The van der Waals surface area contributed by atoms with E-state index < -0.39 is 12.8 Å². The van der Waals surface area contributed by atoms with Crippen molar-refractivity contribution in [1.29, 1.82) is 0 Å². The predicted octanol–water partition coefficient (Wildman–Crippen LogP) is 3.35. The summed E-state index contributed by atoms with van der Waals surface area (Å²) in [6, 6.07) is 5.62. The number of ether oxygens (including phenoxy) is 1. The first kappa shape index (κ1) is 17.8. The number of esters is 1. The van der Waals surface area contributed by atoms with Crippen LogP contribution in [0.1, 0.15) is 49.7 Å². The molecule has 1 aromatic rings. The fourth-order valence-corrected chi connectivity index (χ4v) is 6.14. The Bertz CT molecular complexity index is 705. The smallest absolute Gasteiger partial charge is 0.309 e. The number of hydrogen-bond donors (Lipinski definition) is 2. The summed E-state index contributed by atoms with van der Waals surface area (Å²) in [5.74, 6) is 0.308. The third-order valence-corrected chi connectivity index (χ3v) is 7.30. The minimum atomic E-state index is -0.675. The molecular weight excluding hydrogens is 335 g/mol. The van der Waals surface area contributed by atoms with E-state index in [-0.39, 0.29) is 29.8 Å². The maximum atomic E-state index is 12.6. The number of halogens is 1. The Morgan fingerprint density at radius 2 is 2.19 bits per heavy atom. The normalized spacial score (nSPS) is 38.2. The van der Waals surface area contributed by atoms with E-state index in [2.05, 4.69) is 6.92 Å². The predicted molar refractivity (Wildman–Crippen MR) is 94.5 cm³/mol. The van der Waals surface area contributed by atoms with E-state index >= 15 is 0 Å². The lowest BCUT2D eigenvalue weighted by Gasteiger charge is -2.51. The molecule has 3 aliphatic rings. The average Bonchev–Trinajstić information content (AvgIpc) is 2.90. The van der Waals surface area contributed by atoms with Crippen LogP contribution in [0.5, 0.6) is 5.75 Å². The summed E-state index contributed by atoms with van der Waals surface area (Å²) in [6.45, 7) is 1.23. The van der Waals surface area contributed by atoms with E-state index in [1.165, 1.54) is 11.1 Å². The molecule has 4 nitrogen and oxygen atoms in total. The number of alkyl halides is 1. The Morgan fingerprint density at radius 3 is 2.96 bits per heavy atom. The molecule has 0 heterocycles. The summed E-state index contributed by atoms with van der Waals surface area (Å²) in [4.78, 5) is 12.6. The van der Waals surface area contributed by atoms with E-state index in [9.17, 15) is 19.4 Å². The Kier molecular flexibility index (Phi) is 4.46. The zero-order chi connectivity index (χ0) is 18.5. The highest BCUT2D eigenvalue weighted by molar-refractivity contribution is 5.74. The number of rotatable bonds is 3. The highest BCUT2D eigenvalue weighted by Gasteiger charge is 2.60. The molecule has 142 valence electrons. The molecule has 3 aliphatic carbocycles. The van der Waals surface area contributed by atoms with E-state index in [1.54, 1.807) is 6.07 Å². The zero-order valence-electron chi connectivity index (χ0n) is 15.2. The average molecular weight is 362 g/mol. The fraction of sp³-hybridized carbons (Fsp3) is 0.667. The lowest BCUT2D eigenvalue weighted by Crippen LogP contribution is -2.46. The van der Waals surface area contributed by atoms with Crippen molar-refractivity contribution in [2.75, 3.05) is 13.3 Å². The van der Waals surface area contributed by atoms with Gasteiger partial charge in [-0.15, -0.1) is 0 Å². The Hall–Kier alpha value is -1.62. The van der Waals surface area contributed by atoms with Crippen molar-refractivity contribution in [3.8, 4) is 5.75 Å². The standard InChI is InChI=1S/C21H27FO4/c1-21-7-6-15-14-5-3-13(23)10-12(14)2-4-16(15)19(21)17(11-18(21)24)20(25)26-9-8-22/h3,5,10,15-19,23-24H,2,4,6-9,11H2,1H3/t15-,16-,17+,18+,19-,21-/m1/s1. The fourth-order valence-electron chi connectivity index (χ4n) is 6.14. The SMILES string of the molecule is C[C@]12CC[C@@H]3c4ccc(O)cc4CC[C@H]3[C@@H]1[C@@H](C(=O)OCCF)C[C@@H]2O. The summed E-state index contributed by atoms with van der Waals surface area (Å²) in [7, 11) is 0. The molecule has 0 amide bonds. The molecule has 0 bridgehead atoms. The molecule has 26 heavy (non-hydrogen) atoms. The summed E-state index contributed by atoms with van der Waals surface area (Å²) >= 11 is 0. The van der Waals surface area contributed by atoms with Crippen LogP contribution in [0.15, 0.2) is 18.2 Å². The van der Waals surface area contributed by atoms with Gasteiger partial charge in [-0.2, -0.15) is 0 Å². The van der Waals surface area contributed by atoms with Crippen LogP contribution in [-0.2, 0) is 16.0 Å². The van der Waals surface area contributed by atoms with Crippen LogP contribution < -0.4 is 0 Å². The monoisotopic (exact) mass is 362 g/mol. The van der Waals surface area contributed by atoms with Gasteiger partial charge in [-0.05, 0) is 78.5 Å². The molecular formula is C21H27FO4. The number of aliphatic hydroxyl groups is 1. The van der Waals surface area contributed by atoms with Crippen LogP contribution in [0.2, 0.25) is 0 Å². The number of carbonyl (C=O) groups is 1. The van der Waals surface area contributed by atoms with Crippen LogP contribution in [0.4, 0.5) is 4.39 Å². The van der Waals surface area contributed by atoms with Crippen molar-refractivity contribution >= 4 is 5.97 Å². The molecule has 2 N–H and O–H groups in total.